The molecule has 2 saturated heterocycles. The Kier molecular flexibility index (Phi) is 5.82. The predicted molar refractivity (Wildman–Crippen MR) is 113 cm³/mol. The molecule has 2 amide bonds. The van der Waals surface area contributed by atoms with Gasteiger partial charge < -0.3 is 14.9 Å². The second kappa shape index (κ2) is 8.68. The summed E-state index contributed by atoms with van der Waals surface area (Å²) in [6, 6.07) is 11.0. The van der Waals surface area contributed by atoms with E-state index >= 15 is 0 Å². The van der Waals surface area contributed by atoms with Crippen LogP contribution in [0.25, 0.3) is 0 Å². The second-order valence-corrected chi connectivity index (χ2v) is 7.75. The Morgan fingerprint density at radius 3 is 2.73 bits per heavy atom. The van der Waals surface area contributed by atoms with Crippen molar-refractivity contribution in [1.29, 1.82) is 0 Å². The summed E-state index contributed by atoms with van der Waals surface area (Å²) in [6.07, 6.45) is 5.04. The van der Waals surface area contributed by atoms with Crippen molar-refractivity contribution in [1.82, 2.24) is 14.8 Å². The fourth-order valence-corrected chi connectivity index (χ4v) is 4.40. The predicted octanol–water partition coefficient (Wildman–Crippen LogP) is 2.04. The minimum atomic E-state index is -0.254. The molecule has 6 heteroatoms. The minimum absolute atomic E-state index is 0.0129. The van der Waals surface area contributed by atoms with Crippen LogP contribution < -0.4 is 0 Å². The molecule has 2 aliphatic rings. The zero-order chi connectivity index (χ0) is 21.1. The van der Waals surface area contributed by atoms with E-state index in [1.807, 2.05) is 24.3 Å². The molecular formula is C24H25N3O3. The van der Waals surface area contributed by atoms with Gasteiger partial charge in [-0.3, -0.25) is 14.6 Å². The Morgan fingerprint density at radius 1 is 1.27 bits per heavy atom. The molecule has 0 unspecified atom stereocenters. The van der Waals surface area contributed by atoms with Crippen LogP contribution >= 0.6 is 0 Å². The number of benzene rings is 1. The highest BCUT2D eigenvalue weighted by Gasteiger charge is 2.54. The first-order valence-electron chi connectivity index (χ1n) is 10.3. The lowest BCUT2D eigenvalue weighted by molar-refractivity contribution is -0.159. The van der Waals surface area contributed by atoms with Gasteiger partial charge in [0.05, 0.1) is 24.3 Å². The Hall–Kier alpha value is -3.17. The third-order valence-electron chi connectivity index (χ3n) is 5.85. The molecule has 0 spiro atoms. The van der Waals surface area contributed by atoms with Gasteiger partial charge in [-0.1, -0.05) is 30.9 Å². The van der Waals surface area contributed by atoms with E-state index in [-0.39, 0.29) is 43.0 Å². The number of carbonyl (C=O) groups excluding carboxylic acids is 2. The Labute approximate surface area is 176 Å². The molecule has 2 aromatic rings. The van der Waals surface area contributed by atoms with Crippen LogP contribution in [-0.2, 0) is 4.79 Å². The highest BCUT2D eigenvalue weighted by Crippen LogP contribution is 2.43. The molecule has 1 N–H and O–H groups in total. The van der Waals surface area contributed by atoms with E-state index in [4.69, 9.17) is 0 Å². The first-order valence-corrected chi connectivity index (χ1v) is 10.3. The summed E-state index contributed by atoms with van der Waals surface area (Å²) in [5.74, 6) is 5.97. The Balaban J connectivity index is 1.54. The molecule has 2 aliphatic heterocycles. The number of hydrogen-bond donors (Lipinski definition) is 1. The topological polar surface area (TPSA) is 73.7 Å². The van der Waals surface area contributed by atoms with E-state index in [2.05, 4.69) is 23.7 Å². The van der Waals surface area contributed by atoms with Crippen LogP contribution in [0.1, 0.15) is 47.2 Å². The molecule has 0 bridgehead atoms. The molecule has 30 heavy (non-hydrogen) atoms. The molecular weight excluding hydrogens is 378 g/mol. The average Bonchev–Trinajstić information content (AvgIpc) is 2.76. The second-order valence-electron chi connectivity index (χ2n) is 7.75. The minimum Gasteiger partial charge on any atom is -0.394 e. The summed E-state index contributed by atoms with van der Waals surface area (Å²) in [6.45, 7) is 2.47. The van der Waals surface area contributed by atoms with Crippen LogP contribution in [0, 0.1) is 11.8 Å². The van der Waals surface area contributed by atoms with Crippen molar-refractivity contribution >= 4 is 11.8 Å². The number of pyridine rings is 1. The molecule has 3 heterocycles. The van der Waals surface area contributed by atoms with Crippen molar-refractivity contribution in [3.05, 3.63) is 65.5 Å². The number of rotatable bonds is 4. The maximum Gasteiger partial charge on any atom is 0.255 e. The molecule has 2 fully saturated rings. The van der Waals surface area contributed by atoms with E-state index in [1.54, 1.807) is 28.1 Å². The van der Waals surface area contributed by atoms with Gasteiger partial charge in [-0.15, -0.1) is 0 Å². The lowest BCUT2D eigenvalue weighted by atomic mass is 9.73. The quantitative estimate of drug-likeness (QED) is 0.793. The molecule has 1 aromatic carbocycles. The van der Waals surface area contributed by atoms with E-state index in [9.17, 15) is 14.7 Å². The maximum absolute atomic E-state index is 12.8. The zero-order valence-corrected chi connectivity index (χ0v) is 17.0. The van der Waals surface area contributed by atoms with Crippen molar-refractivity contribution < 1.29 is 14.7 Å². The molecule has 6 nitrogen and oxygen atoms in total. The molecule has 0 radical (unpaired) electrons. The number of amides is 2. The van der Waals surface area contributed by atoms with Crippen LogP contribution in [-0.4, -0.2) is 63.5 Å². The van der Waals surface area contributed by atoms with Gasteiger partial charge in [0.1, 0.15) is 6.54 Å². The van der Waals surface area contributed by atoms with Gasteiger partial charge in [0.15, 0.2) is 0 Å². The maximum atomic E-state index is 12.8. The average molecular weight is 403 g/mol. The Bertz CT molecular complexity index is 978. The third-order valence-corrected chi connectivity index (χ3v) is 5.85. The van der Waals surface area contributed by atoms with Crippen molar-refractivity contribution in [2.24, 2.45) is 0 Å². The number of unbranched alkanes of at least 4 members (excludes halogenated alkanes) is 1. The number of fused-ring (bicyclic) bond motifs is 1. The smallest absolute Gasteiger partial charge is 0.255 e. The monoisotopic (exact) mass is 403 g/mol. The molecule has 0 saturated carbocycles. The van der Waals surface area contributed by atoms with Crippen LogP contribution in [0.15, 0.2) is 48.8 Å². The molecule has 154 valence electrons. The zero-order valence-electron chi connectivity index (χ0n) is 17.0. The first kappa shape index (κ1) is 20.1. The van der Waals surface area contributed by atoms with Gasteiger partial charge in [-0.05, 0) is 36.2 Å². The molecule has 0 aliphatic carbocycles. The Morgan fingerprint density at radius 2 is 2.07 bits per heavy atom. The highest BCUT2D eigenvalue weighted by molar-refractivity contribution is 5.97. The largest absolute Gasteiger partial charge is 0.394 e. The summed E-state index contributed by atoms with van der Waals surface area (Å²) in [5, 5.41) is 9.92. The van der Waals surface area contributed by atoms with E-state index in [0.717, 1.165) is 24.0 Å². The molecule has 3 atom stereocenters. The summed E-state index contributed by atoms with van der Waals surface area (Å²) < 4.78 is 0. The van der Waals surface area contributed by atoms with Gasteiger partial charge >= 0.3 is 0 Å². The van der Waals surface area contributed by atoms with Crippen molar-refractivity contribution in [3.8, 4) is 11.8 Å². The van der Waals surface area contributed by atoms with Gasteiger partial charge in [-0.25, -0.2) is 0 Å². The van der Waals surface area contributed by atoms with Crippen LogP contribution in [0.3, 0.4) is 0 Å². The number of aliphatic hydroxyl groups excluding tert-OH is 1. The first-order chi connectivity index (χ1) is 14.6. The van der Waals surface area contributed by atoms with E-state index < -0.39 is 0 Å². The van der Waals surface area contributed by atoms with Crippen LogP contribution in [0.2, 0.25) is 0 Å². The number of carbonyl (C=O) groups is 2. The summed E-state index contributed by atoms with van der Waals surface area (Å²) in [4.78, 5) is 32.9. The molecule has 4 rings (SSSR count). The number of hydrogen-bond acceptors (Lipinski definition) is 4. The normalized spacial score (nSPS) is 22.6. The number of aromatic nitrogens is 1. The third kappa shape index (κ3) is 3.69. The van der Waals surface area contributed by atoms with E-state index in [1.165, 1.54) is 6.20 Å². The molecule has 1 aromatic heterocycles. The SMILES string of the molecule is CCCC#Cc1ccc([C@@H]2[C@H](CO)N3C(=O)CN(C(=O)c4cccnc4)C[C@@H]23)cc1. The summed E-state index contributed by atoms with van der Waals surface area (Å²) in [5.41, 5.74) is 2.49. The fourth-order valence-electron chi connectivity index (χ4n) is 4.40. The van der Waals surface area contributed by atoms with Crippen molar-refractivity contribution in [2.75, 3.05) is 19.7 Å². The fraction of sp³-hybridized carbons (Fsp3) is 0.375. The number of piperazine rings is 1. The van der Waals surface area contributed by atoms with Crippen LogP contribution in [0.5, 0.6) is 0 Å². The van der Waals surface area contributed by atoms with Crippen molar-refractivity contribution in [3.63, 3.8) is 0 Å². The number of aliphatic hydroxyl groups is 1. The lowest BCUT2D eigenvalue weighted by Crippen LogP contribution is -2.73. The van der Waals surface area contributed by atoms with Gasteiger partial charge in [0, 0.05) is 36.8 Å². The standard InChI is InChI=1S/C24H25N3O3/c1-2-3-4-6-17-8-10-18(11-9-17)23-20-14-26(15-22(29)27(20)21(23)16-28)24(30)19-7-5-12-25-13-19/h5,7-13,20-21,23,28H,2-3,14-16H2,1H3/t20-,21-,23-/m0/s1. The highest BCUT2D eigenvalue weighted by atomic mass is 16.3. The number of nitrogens with zero attached hydrogens (tertiary/aromatic N) is 3. The summed E-state index contributed by atoms with van der Waals surface area (Å²) >= 11 is 0. The van der Waals surface area contributed by atoms with E-state index in [0.29, 0.717) is 12.1 Å². The van der Waals surface area contributed by atoms with Gasteiger partial charge in [0.25, 0.3) is 5.91 Å². The van der Waals surface area contributed by atoms with Crippen molar-refractivity contribution in [2.45, 2.75) is 37.8 Å². The van der Waals surface area contributed by atoms with Crippen LogP contribution in [0.4, 0.5) is 0 Å². The van der Waals surface area contributed by atoms with Gasteiger partial charge in [-0.2, -0.15) is 0 Å². The van der Waals surface area contributed by atoms with Gasteiger partial charge in [0.2, 0.25) is 5.91 Å². The summed E-state index contributed by atoms with van der Waals surface area (Å²) in [7, 11) is 0. The lowest BCUT2D eigenvalue weighted by Gasteiger charge is -2.58.